The Labute approximate surface area is 144 Å². The van der Waals surface area contributed by atoms with Crippen molar-refractivity contribution in [3.63, 3.8) is 0 Å². The van der Waals surface area contributed by atoms with Crippen molar-refractivity contribution in [3.05, 3.63) is 30.3 Å². The molecule has 2 rings (SSSR count). The van der Waals surface area contributed by atoms with Gasteiger partial charge in [-0.1, -0.05) is 25.1 Å². The molecule has 124 valence electrons. The van der Waals surface area contributed by atoms with Crippen LogP contribution < -0.4 is 5.73 Å². The van der Waals surface area contributed by atoms with Crippen LogP contribution in [0.5, 0.6) is 0 Å². The zero-order chi connectivity index (χ0) is 15.2. The third-order valence-corrected chi connectivity index (χ3v) is 5.63. The van der Waals surface area contributed by atoms with Gasteiger partial charge in [-0.25, -0.2) is 0 Å². The Balaban J connectivity index is 0.00000242. The normalized spacial score (nSPS) is 18.4. The Kier molecular flexibility index (Phi) is 8.29. The Morgan fingerprint density at radius 3 is 2.41 bits per heavy atom. The molecule has 0 saturated carbocycles. The quantitative estimate of drug-likeness (QED) is 0.832. The number of nitrogens with two attached hydrogens (primary N) is 1. The van der Waals surface area contributed by atoms with Gasteiger partial charge in [0.05, 0.1) is 5.25 Å². The molecule has 2 unspecified atom stereocenters. The summed E-state index contributed by atoms with van der Waals surface area (Å²) < 4.78 is 0. The predicted molar refractivity (Wildman–Crippen MR) is 96.6 cm³/mol. The second kappa shape index (κ2) is 9.43. The van der Waals surface area contributed by atoms with Crippen LogP contribution >= 0.6 is 24.2 Å². The van der Waals surface area contributed by atoms with E-state index in [1.807, 2.05) is 23.1 Å². The first-order valence-electron chi connectivity index (χ1n) is 7.88. The summed E-state index contributed by atoms with van der Waals surface area (Å²) in [5.74, 6) is 0.852. The number of piperidine rings is 1. The van der Waals surface area contributed by atoms with Gasteiger partial charge in [-0.05, 0) is 44.2 Å². The van der Waals surface area contributed by atoms with Crippen molar-refractivity contribution in [1.29, 1.82) is 0 Å². The van der Waals surface area contributed by atoms with Crippen LogP contribution in [0.1, 0.15) is 33.1 Å². The number of hydrogen-bond donors (Lipinski definition) is 1. The van der Waals surface area contributed by atoms with Gasteiger partial charge < -0.3 is 10.6 Å². The third-order valence-electron chi connectivity index (χ3n) is 4.26. The van der Waals surface area contributed by atoms with Crippen LogP contribution in [0.15, 0.2) is 35.2 Å². The summed E-state index contributed by atoms with van der Waals surface area (Å²) in [5, 5.41) is 0.0271. The van der Waals surface area contributed by atoms with E-state index in [1.54, 1.807) is 11.8 Å². The minimum absolute atomic E-state index is 0. The van der Waals surface area contributed by atoms with Crippen LogP contribution in [0.25, 0.3) is 0 Å². The lowest BCUT2D eigenvalue weighted by atomic mass is 9.91. The summed E-state index contributed by atoms with van der Waals surface area (Å²) in [6, 6.07) is 10.4. The summed E-state index contributed by atoms with van der Waals surface area (Å²) in [4.78, 5) is 15.9. The van der Waals surface area contributed by atoms with E-state index in [9.17, 15) is 4.79 Å². The molecule has 1 aliphatic rings. The number of likely N-dealkylation sites (tertiary alicyclic amines) is 1. The predicted octanol–water partition coefficient (Wildman–Crippen LogP) is 3.56. The highest BCUT2D eigenvalue weighted by Gasteiger charge is 2.28. The van der Waals surface area contributed by atoms with Gasteiger partial charge in [0.25, 0.3) is 0 Å². The van der Waals surface area contributed by atoms with Gasteiger partial charge >= 0.3 is 0 Å². The molecule has 0 bridgehead atoms. The maximum absolute atomic E-state index is 12.7. The lowest BCUT2D eigenvalue weighted by Crippen LogP contribution is -2.45. The number of halogens is 1. The molecule has 1 saturated heterocycles. The molecule has 2 atom stereocenters. The van der Waals surface area contributed by atoms with Crippen LogP contribution in [0, 0.1) is 5.92 Å². The first-order chi connectivity index (χ1) is 10.1. The molecule has 1 aromatic rings. The Morgan fingerprint density at radius 1 is 1.32 bits per heavy atom. The molecule has 0 aliphatic carbocycles. The first-order valence-corrected chi connectivity index (χ1v) is 8.75. The summed E-state index contributed by atoms with van der Waals surface area (Å²) in [6.45, 7) is 5.88. The van der Waals surface area contributed by atoms with Gasteiger partial charge in [-0.2, -0.15) is 0 Å². The van der Waals surface area contributed by atoms with Crippen LogP contribution in [0.3, 0.4) is 0 Å². The summed E-state index contributed by atoms with van der Waals surface area (Å²) in [6.07, 6.45) is 2.94. The lowest BCUT2D eigenvalue weighted by molar-refractivity contribution is -0.132. The Morgan fingerprint density at radius 2 is 1.91 bits per heavy atom. The molecule has 0 spiro atoms. The average molecular weight is 343 g/mol. The van der Waals surface area contributed by atoms with Crippen molar-refractivity contribution in [3.8, 4) is 0 Å². The van der Waals surface area contributed by atoms with Crippen molar-refractivity contribution in [2.75, 3.05) is 13.1 Å². The van der Waals surface area contributed by atoms with Crippen LogP contribution in [-0.2, 0) is 4.79 Å². The number of thioether (sulfide) groups is 1. The largest absolute Gasteiger partial charge is 0.342 e. The van der Waals surface area contributed by atoms with Crippen molar-refractivity contribution in [2.24, 2.45) is 11.7 Å². The Hall–Kier alpha value is -0.710. The minimum Gasteiger partial charge on any atom is -0.342 e. The van der Waals surface area contributed by atoms with Gasteiger partial charge in [0, 0.05) is 24.0 Å². The van der Waals surface area contributed by atoms with Gasteiger partial charge in [-0.3, -0.25) is 4.79 Å². The van der Waals surface area contributed by atoms with Gasteiger partial charge in [0.2, 0.25) is 5.91 Å². The molecule has 1 amide bonds. The summed E-state index contributed by atoms with van der Waals surface area (Å²) in [7, 11) is 0. The second-order valence-corrected chi connectivity index (χ2v) is 7.13. The maximum Gasteiger partial charge on any atom is 0.236 e. The van der Waals surface area contributed by atoms with Crippen molar-refractivity contribution in [2.45, 2.75) is 49.3 Å². The molecule has 5 heteroatoms. The molecule has 1 aliphatic heterocycles. The van der Waals surface area contributed by atoms with E-state index >= 15 is 0 Å². The lowest BCUT2D eigenvalue weighted by Gasteiger charge is -2.35. The number of amides is 1. The van der Waals surface area contributed by atoms with Crippen LogP contribution in [-0.4, -0.2) is 35.2 Å². The molecule has 1 fully saturated rings. The van der Waals surface area contributed by atoms with Gasteiger partial charge in [0.1, 0.15) is 0 Å². The number of rotatable bonds is 5. The SMILES string of the molecule is CCC(Sc1ccccc1)C(=O)N1CCC(C(C)N)CC1.Cl. The molecule has 22 heavy (non-hydrogen) atoms. The Bertz CT molecular complexity index is 447. The van der Waals surface area contributed by atoms with Crippen LogP contribution in [0.2, 0.25) is 0 Å². The standard InChI is InChI=1S/C17H26N2OS.ClH/c1-3-16(21-15-7-5-4-6-8-15)17(20)19-11-9-14(10-12-19)13(2)18;/h4-8,13-14,16H,3,9-12,18H2,1-2H3;1H. The summed E-state index contributed by atoms with van der Waals surface area (Å²) in [5.41, 5.74) is 5.97. The van der Waals surface area contributed by atoms with Gasteiger partial charge in [-0.15, -0.1) is 24.2 Å². The fourth-order valence-electron chi connectivity index (χ4n) is 2.82. The average Bonchev–Trinajstić information content (AvgIpc) is 2.53. The van der Waals surface area contributed by atoms with E-state index < -0.39 is 0 Å². The highest BCUT2D eigenvalue weighted by Crippen LogP contribution is 2.28. The monoisotopic (exact) mass is 342 g/mol. The van der Waals surface area contributed by atoms with E-state index in [4.69, 9.17) is 5.73 Å². The topological polar surface area (TPSA) is 46.3 Å². The van der Waals surface area contributed by atoms with E-state index in [-0.39, 0.29) is 29.6 Å². The molecule has 2 N–H and O–H groups in total. The number of hydrogen-bond acceptors (Lipinski definition) is 3. The minimum atomic E-state index is 0. The molecule has 3 nitrogen and oxygen atoms in total. The number of benzene rings is 1. The molecular formula is C17H27ClN2OS. The number of carbonyl (C=O) groups is 1. The van der Waals surface area contributed by atoms with Crippen LogP contribution in [0.4, 0.5) is 0 Å². The first kappa shape index (κ1) is 19.3. The molecular weight excluding hydrogens is 316 g/mol. The van der Waals surface area contributed by atoms with E-state index in [0.717, 1.165) is 32.4 Å². The zero-order valence-corrected chi connectivity index (χ0v) is 15.0. The zero-order valence-electron chi connectivity index (χ0n) is 13.4. The molecule has 0 aromatic heterocycles. The van der Waals surface area contributed by atoms with E-state index in [2.05, 4.69) is 26.0 Å². The third kappa shape index (κ3) is 5.18. The fourth-order valence-corrected chi connectivity index (χ4v) is 3.88. The maximum atomic E-state index is 12.7. The smallest absolute Gasteiger partial charge is 0.236 e. The van der Waals surface area contributed by atoms with Crippen molar-refractivity contribution < 1.29 is 4.79 Å². The highest BCUT2D eigenvalue weighted by molar-refractivity contribution is 8.00. The van der Waals surface area contributed by atoms with E-state index in [1.165, 1.54) is 4.90 Å². The van der Waals surface area contributed by atoms with Crippen molar-refractivity contribution >= 4 is 30.1 Å². The number of carbonyl (C=O) groups excluding carboxylic acids is 1. The molecule has 1 aromatic carbocycles. The summed E-state index contributed by atoms with van der Waals surface area (Å²) >= 11 is 1.68. The highest BCUT2D eigenvalue weighted by atomic mass is 35.5. The fraction of sp³-hybridized carbons (Fsp3) is 0.588. The number of nitrogens with zero attached hydrogens (tertiary/aromatic N) is 1. The van der Waals surface area contributed by atoms with Gasteiger partial charge in [0.15, 0.2) is 0 Å². The van der Waals surface area contributed by atoms with E-state index in [0.29, 0.717) is 5.92 Å². The second-order valence-electron chi connectivity index (χ2n) is 5.85. The molecule has 0 radical (unpaired) electrons. The van der Waals surface area contributed by atoms with Crippen molar-refractivity contribution in [1.82, 2.24) is 4.90 Å². The molecule has 1 heterocycles.